The van der Waals surface area contributed by atoms with Gasteiger partial charge in [0.1, 0.15) is 17.8 Å². The maximum absolute atomic E-state index is 11.7. The van der Waals surface area contributed by atoms with E-state index < -0.39 is 8.32 Å². The summed E-state index contributed by atoms with van der Waals surface area (Å²) < 4.78 is 12.5. The molecule has 3 rings (SSSR count). The van der Waals surface area contributed by atoms with E-state index in [1.165, 1.54) is 5.57 Å². The van der Waals surface area contributed by atoms with Crippen LogP contribution in [0.15, 0.2) is 59.7 Å². The van der Waals surface area contributed by atoms with Crippen LogP contribution >= 0.6 is 0 Å². The van der Waals surface area contributed by atoms with Gasteiger partial charge in [-0.2, -0.15) is 0 Å². The van der Waals surface area contributed by atoms with Gasteiger partial charge in [0.25, 0.3) is 0 Å². The maximum atomic E-state index is 11.7. The molecule has 0 unspecified atom stereocenters. The molecule has 0 heterocycles. The van der Waals surface area contributed by atoms with E-state index in [-0.39, 0.29) is 5.04 Å². The lowest BCUT2D eigenvalue weighted by Gasteiger charge is -2.37. The Balaban J connectivity index is 2.60. The van der Waals surface area contributed by atoms with E-state index >= 15 is 0 Å². The largest absolute Gasteiger partial charge is 0.543 e. The number of carbonyl (C=O) groups is 1. The molecule has 0 aromatic heterocycles. The third-order valence-electron chi connectivity index (χ3n) is 6.51. The zero-order valence-electron chi connectivity index (χ0n) is 21.0. The van der Waals surface area contributed by atoms with Crippen LogP contribution in [0.5, 0.6) is 11.5 Å². The summed E-state index contributed by atoms with van der Waals surface area (Å²) in [5.74, 6) is 1.78. The van der Waals surface area contributed by atoms with Crippen molar-refractivity contribution in [3.63, 3.8) is 0 Å². The fourth-order valence-corrected chi connectivity index (χ4v) is 4.44. The fraction of sp³-hybridized carbons (Fsp3) is 0.464. The minimum absolute atomic E-state index is 0.0914. The van der Waals surface area contributed by atoms with E-state index in [4.69, 9.17) is 9.16 Å². The van der Waals surface area contributed by atoms with Gasteiger partial charge >= 0.3 is 0 Å². The zero-order valence-corrected chi connectivity index (χ0v) is 22.0. The molecule has 2 aliphatic carbocycles. The van der Waals surface area contributed by atoms with Crippen LogP contribution in [0.1, 0.15) is 58.1 Å². The number of allylic oxidation sites excluding steroid dienone is 7. The quantitative estimate of drug-likeness (QED) is 0.269. The average Bonchev–Trinajstić information content (AvgIpc) is 2.69. The molecule has 0 saturated heterocycles. The first-order chi connectivity index (χ1) is 15.0. The number of rotatable bonds is 4. The van der Waals surface area contributed by atoms with Crippen LogP contribution in [0.25, 0.3) is 0 Å². The van der Waals surface area contributed by atoms with Crippen molar-refractivity contribution in [2.24, 2.45) is 0 Å². The Hall–Kier alpha value is -2.33. The number of benzene rings is 1. The van der Waals surface area contributed by atoms with Crippen LogP contribution in [0, 0.1) is 0 Å². The van der Waals surface area contributed by atoms with Gasteiger partial charge in [-0.15, -0.1) is 0 Å². The second kappa shape index (κ2) is 11.0. The molecule has 1 aromatic carbocycles. The Morgan fingerprint density at radius 1 is 1.06 bits per heavy atom. The second-order valence-electron chi connectivity index (χ2n) is 10.3. The van der Waals surface area contributed by atoms with E-state index in [1.54, 1.807) is 7.11 Å². The van der Waals surface area contributed by atoms with E-state index in [1.807, 2.05) is 18.2 Å². The minimum Gasteiger partial charge on any atom is -0.543 e. The normalized spacial score (nSPS) is 20.7. The molecule has 1 aromatic rings. The van der Waals surface area contributed by atoms with Crippen LogP contribution in [-0.2, 0) is 17.6 Å². The topological polar surface area (TPSA) is 35.5 Å². The molecule has 3 nitrogen and oxygen atoms in total. The lowest BCUT2D eigenvalue weighted by atomic mass is 9.98. The van der Waals surface area contributed by atoms with Crippen LogP contribution in [0.4, 0.5) is 0 Å². The number of hydrogen-bond donors (Lipinski definition) is 0. The Morgan fingerprint density at radius 2 is 1.75 bits per heavy atom. The first kappa shape index (κ1) is 25.9. The van der Waals surface area contributed by atoms with Gasteiger partial charge in [-0.25, -0.2) is 0 Å². The number of methoxy groups -OCH3 is 1. The van der Waals surface area contributed by atoms with Crippen molar-refractivity contribution in [1.82, 2.24) is 0 Å². The molecule has 0 spiro atoms. The van der Waals surface area contributed by atoms with Gasteiger partial charge in [0, 0.05) is 11.1 Å². The van der Waals surface area contributed by atoms with Crippen LogP contribution < -0.4 is 9.16 Å². The lowest BCUT2D eigenvalue weighted by molar-refractivity contribution is -0.105. The highest BCUT2D eigenvalue weighted by Gasteiger charge is 2.39. The highest BCUT2D eigenvalue weighted by atomic mass is 28.4. The van der Waals surface area contributed by atoms with E-state index in [0.717, 1.165) is 59.3 Å². The highest BCUT2D eigenvalue weighted by molar-refractivity contribution is 6.74. The summed E-state index contributed by atoms with van der Waals surface area (Å²) in [6.45, 7) is 17.6. The van der Waals surface area contributed by atoms with E-state index in [0.29, 0.717) is 12.8 Å². The van der Waals surface area contributed by atoms with Gasteiger partial charge < -0.3 is 9.16 Å². The molecule has 0 aliphatic heterocycles. The van der Waals surface area contributed by atoms with Crippen LogP contribution in [0.2, 0.25) is 18.1 Å². The SMILES string of the molecule is C=C1/C=C/C/C(C=O)=C\Cc2cc(OC)c(cc2O[Si](C)(C)C(C)(C)C)C/C(C)=C\CC1. The first-order valence-corrected chi connectivity index (χ1v) is 14.4. The summed E-state index contributed by atoms with van der Waals surface area (Å²) in [6.07, 6.45) is 13.2. The first-order valence-electron chi connectivity index (χ1n) is 11.5. The lowest BCUT2D eigenvalue weighted by Crippen LogP contribution is -2.44. The molecular weight excluding hydrogens is 412 g/mol. The van der Waals surface area contributed by atoms with Crippen molar-refractivity contribution in [3.8, 4) is 11.5 Å². The van der Waals surface area contributed by atoms with Gasteiger partial charge in [-0.05, 0) is 74.9 Å². The summed E-state index contributed by atoms with van der Waals surface area (Å²) in [5, 5.41) is 0.0914. The number of hydrogen-bond acceptors (Lipinski definition) is 3. The number of carbonyl (C=O) groups excluding carboxylic acids is 1. The molecule has 0 amide bonds. The van der Waals surface area contributed by atoms with Crippen LogP contribution in [0.3, 0.4) is 0 Å². The number of fused-ring (bicyclic) bond motifs is 10. The maximum Gasteiger partial charge on any atom is 0.250 e. The zero-order chi connectivity index (χ0) is 23.9. The van der Waals surface area contributed by atoms with Gasteiger partial charge in [0.15, 0.2) is 0 Å². The Kier molecular flexibility index (Phi) is 8.91. The fourth-order valence-electron chi connectivity index (χ4n) is 3.40. The minimum atomic E-state index is -2.03. The molecule has 4 heteroatoms. The third kappa shape index (κ3) is 7.09. The Labute approximate surface area is 196 Å². The van der Waals surface area contributed by atoms with Crippen molar-refractivity contribution in [2.45, 2.75) is 77.9 Å². The van der Waals surface area contributed by atoms with E-state index in [9.17, 15) is 4.79 Å². The van der Waals surface area contributed by atoms with Gasteiger partial charge in [0.2, 0.25) is 8.32 Å². The summed E-state index contributed by atoms with van der Waals surface area (Å²) in [6, 6.07) is 4.25. The molecular formula is C28H40O3Si. The molecule has 0 fully saturated rings. The molecule has 2 bridgehead atoms. The monoisotopic (exact) mass is 452 g/mol. The second-order valence-corrected chi connectivity index (χ2v) is 15.0. The van der Waals surface area contributed by atoms with Crippen molar-refractivity contribution in [3.05, 3.63) is 70.9 Å². The van der Waals surface area contributed by atoms with E-state index in [2.05, 4.69) is 65.6 Å². The van der Waals surface area contributed by atoms with Crippen molar-refractivity contribution >= 4 is 14.6 Å². The average molecular weight is 453 g/mol. The van der Waals surface area contributed by atoms with Crippen molar-refractivity contribution in [2.75, 3.05) is 7.11 Å². The summed E-state index contributed by atoms with van der Waals surface area (Å²) in [7, 11) is -0.315. The standard InChI is InChI=1S/C28H40O3Si/c1-21-11-9-13-22(2)17-25-19-27(31-32(7,8)28(3,4)5)24(18-26(25)30-6)16-15-23(20-29)14-10-12-21/h10,12-13,15,18-20H,1,9,11,14,16-17H2,2-8H3/b12-10+,22-13-,23-15+. The number of ether oxygens (including phenoxy) is 1. The molecule has 32 heavy (non-hydrogen) atoms. The molecule has 0 N–H and O–H groups in total. The summed E-state index contributed by atoms with van der Waals surface area (Å²) in [5.41, 5.74) is 5.33. The molecule has 0 radical (unpaired) electrons. The smallest absolute Gasteiger partial charge is 0.250 e. The Bertz CT molecular complexity index is 927. The molecule has 0 atom stereocenters. The molecule has 174 valence electrons. The highest BCUT2D eigenvalue weighted by Crippen LogP contribution is 2.40. The molecule has 0 saturated carbocycles. The van der Waals surface area contributed by atoms with Gasteiger partial charge in [-0.3, -0.25) is 4.79 Å². The van der Waals surface area contributed by atoms with Crippen molar-refractivity contribution < 1.29 is 14.0 Å². The van der Waals surface area contributed by atoms with Gasteiger partial charge in [-0.1, -0.05) is 62.8 Å². The molecule has 2 aliphatic rings. The summed E-state index contributed by atoms with van der Waals surface area (Å²) in [4.78, 5) is 11.7. The van der Waals surface area contributed by atoms with Crippen molar-refractivity contribution in [1.29, 1.82) is 0 Å². The summed E-state index contributed by atoms with van der Waals surface area (Å²) >= 11 is 0. The predicted octanol–water partition coefficient (Wildman–Crippen LogP) is 7.53. The predicted molar refractivity (Wildman–Crippen MR) is 138 cm³/mol. The third-order valence-corrected chi connectivity index (χ3v) is 10.8. The van der Waals surface area contributed by atoms with Gasteiger partial charge in [0.05, 0.1) is 7.11 Å². The van der Waals surface area contributed by atoms with Crippen LogP contribution in [-0.4, -0.2) is 21.7 Å². The number of aldehydes is 1. The Morgan fingerprint density at radius 3 is 2.38 bits per heavy atom.